The summed E-state index contributed by atoms with van der Waals surface area (Å²) in [5, 5.41) is 0. The molecule has 1 aromatic rings. The Kier molecular flexibility index (Phi) is 5.86. The minimum Gasteiger partial charge on any atom is -0.494 e. The summed E-state index contributed by atoms with van der Waals surface area (Å²) in [5.41, 5.74) is 7.38. The molecule has 20 heavy (non-hydrogen) atoms. The van der Waals surface area contributed by atoms with Crippen molar-refractivity contribution in [3.63, 3.8) is 0 Å². The summed E-state index contributed by atoms with van der Waals surface area (Å²) in [4.78, 5) is 2.61. The van der Waals surface area contributed by atoms with Gasteiger partial charge in [0.1, 0.15) is 5.75 Å². The van der Waals surface area contributed by atoms with Crippen molar-refractivity contribution in [3.8, 4) is 5.75 Å². The SMILES string of the molecule is CCOc1cccc(C(CN)N2CCCCC2CC)c1. The van der Waals surface area contributed by atoms with Gasteiger partial charge in [0, 0.05) is 18.6 Å². The Morgan fingerprint density at radius 2 is 2.20 bits per heavy atom. The first-order chi connectivity index (χ1) is 9.80. The first-order valence-electron chi connectivity index (χ1n) is 7.98. The number of nitrogens with two attached hydrogens (primary N) is 1. The molecule has 1 fully saturated rings. The molecule has 3 nitrogen and oxygen atoms in total. The minimum absolute atomic E-state index is 0.320. The number of rotatable bonds is 6. The number of hydrogen-bond acceptors (Lipinski definition) is 3. The fourth-order valence-electron chi connectivity index (χ4n) is 3.31. The molecule has 0 spiro atoms. The Labute approximate surface area is 123 Å². The predicted molar refractivity (Wildman–Crippen MR) is 84.0 cm³/mol. The molecule has 2 unspecified atom stereocenters. The molecule has 2 atom stereocenters. The summed E-state index contributed by atoms with van der Waals surface area (Å²) in [6.07, 6.45) is 5.16. The molecular formula is C17H28N2O. The van der Waals surface area contributed by atoms with Gasteiger partial charge in [-0.1, -0.05) is 25.5 Å². The maximum Gasteiger partial charge on any atom is 0.119 e. The third kappa shape index (κ3) is 3.53. The fraction of sp³-hybridized carbons (Fsp3) is 0.647. The summed E-state index contributed by atoms with van der Waals surface area (Å²) >= 11 is 0. The molecule has 0 aliphatic carbocycles. The quantitative estimate of drug-likeness (QED) is 0.866. The predicted octanol–water partition coefficient (Wildman–Crippen LogP) is 3.35. The summed E-state index contributed by atoms with van der Waals surface area (Å²) in [6, 6.07) is 9.43. The van der Waals surface area contributed by atoms with Crippen LogP contribution in [0.1, 0.15) is 51.1 Å². The number of ether oxygens (including phenoxy) is 1. The smallest absolute Gasteiger partial charge is 0.119 e. The Balaban J connectivity index is 2.19. The van der Waals surface area contributed by atoms with Crippen LogP contribution in [0.25, 0.3) is 0 Å². The van der Waals surface area contributed by atoms with Crippen molar-refractivity contribution in [1.82, 2.24) is 4.90 Å². The second-order valence-corrected chi connectivity index (χ2v) is 5.55. The molecule has 1 saturated heterocycles. The van der Waals surface area contributed by atoms with E-state index >= 15 is 0 Å². The highest BCUT2D eigenvalue weighted by molar-refractivity contribution is 5.31. The second kappa shape index (κ2) is 7.65. The van der Waals surface area contributed by atoms with Gasteiger partial charge in [-0.05, 0) is 50.4 Å². The van der Waals surface area contributed by atoms with Crippen LogP contribution in [0.2, 0.25) is 0 Å². The van der Waals surface area contributed by atoms with Crippen molar-refractivity contribution in [2.45, 2.75) is 51.6 Å². The van der Waals surface area contributed by atoms with E-state index in [2.05, 4.69) is 30.0 Å². The Morgan fingerprint density at radius 1 is 1.35 bits per heavy atom. The maximum atomic E-state index is 6.09. The van der Waals surface area contributed by atoms with Gasteiger partial charge in [-0.15, -0.1) is 0 Å². The Bertz CT molecular complexity index is 408. The van der Waals surface area contributed by atoms with Crippen molar-refractivity contribution in [2.24, 2.45) is 5.73 Å². The molecule has 2 N–H and O–H groups in total. The molecule has 3 heteroatoms. The number of likely N-dealkylation sites (tertiary alicyclic amines) is 1. The molecule has 1 heterocycles. The van der Waals surface area contributed by atoms with E-state index in [4.69, 9.17) is 10.5 Å². The van der Waals surface area contributed by atoms with E-state index < -0.39 is 0 Å². The molecule has 1 aliphatic heterocycles. The number of benzene rings is 1. The average molecular weight is 276 g/mol. The van der Waals surface area contributed by atoms with Crippen molar-refractivity contribution < 1.29 is 4.74 Å². The maximum absolute atomic E-state index is 6.09. The molecular weight excluding hydrogens is 248 g/mol. The standard InChI is InChI=1S/C17H28N2O/c1-3-15-9-5-6-11-19(15)17(13-18)14-8-7-10-16(12-14)20-4-2/h7-8,10,12,15,17H,3-6,9,11,13,18H2,1-2H3. The summed E-state index contributed by atoms with van der Waals surface area (Å²) < 4.78 is 5.62. The van der Waals surface area contributed by atoms with Crippen molar-refractivity contribution in [2.75, 3.05) is 19.7 Å². The van der Waals surface area contributed by atoms with Crippen molar-refractivity contribution in [3.05, 3.63) is 29.8 Å². The Morgan fingerprint density at radius 3 is 2.90 bits per heavy atom. The van der Waals surface area contributed by atoms with E-state index in [1.54, 1.807) is 0 Å². The average Bonchev–Trinajstić information content (AvgIpc) is 2.49. The van der Waals surface area contributed by atoms with Gasteiger partial charge in [-0.2, -0.15) is 0 Å². The minimum atomic E-state index is 0.320. The topological polar surface area (TPSA) is 38.5 Å². The molecule has 1 aliphatic rings. The van der Waals surface area contributed by atoms with Crippen LogP contribution in [0.4, 0.5) is 0 Å². The van der Waals surface area contributed by atoms with Crippen LogP contribution in [-0.4, -0.2) is 30.6 Å². The first-order valence-corrected chi connectivity index (χ1v) is 7.98. The van der Waals surface area contributed by atoms with Crippen molar-refractivity contribution >= 4 is 0 Å². The molecule has 112 valence electrons. The van der Waals surface area contributed by atoms with Crippen LogP contribution >= 0.6 is 0 Å². The van der Waals surface area contributed by atoms with Crippen LogP contribution in [0.3, 0.4) is 0 Å². The van der Waals surface area contributed by atoms with Gasteiger partial charge in [-0.25, -0.2) is 0 Å². The van der Waals surface area contributed by atoms with Crippen LogP contribution in [0.5, 0.6) is 5.75 Å². The van der Waals surface area contributed by atoms with E-state index in [1.807, 2.05) is 13.0 Å². The lowest BCUT2D eigenvalue weighted by atomic mass is 9.95. The molecule has 0 amide bonds. The van der Waals surface area contributed by atoms with Gasteiger partial charge in [0.25, 0.3) is 0 Å². The number of hydrogen-bond donors (Lipinski definition) is 1. The van der Waals surface area contributed by atoms with Crippen LogP contribution in [0.15, 0.2) is 24.3 Å². The van der Waals surface area contributed by atoms with Crippen molar-refractivity contribution in [1.29, 1.82) is 0 Å². The van der Waals surface area contributed by atoms with E-state index in [9.17, 15) is 0 Å². The zero-order valence-corrected chi connectivity index (χ0v) is 12.8. The van der Waals surface area contributed by atoms with E-state index in [-0.39, 0.29) is 0 Å². The largest absolute Gasteiger partial charge is 0.494 e. The zero-order chi connectivity index (χ0) is 14.4. The molecule has 0 radical (unpaired) electrons. The molecule has 0 aromatic heterocycles. The molecule has 0 bridgehead atoms. The lowest BCUT2D eigenvalue weighted by molar-refractivity contribution is 0.0948. The lowest BCUT2D eigenvalue weighted by Crippen LogP contribution is -2.44. The van der Waals surface area contributed by atoms with E-state index in [1.165, 1.54) is 37.8 Å². The van der Waals surface area contributed by atoms with Gasteiger partial charge in [0.2, 0.25) is 0 Å². The fourth-order valence-corrected chi connectivity index (χ4v) is 3.31. The van der Waals surface area contributed by atoms with Gasteiger partial charge in [0.05, 0.1) is 6.61 Å². The number of piperidine rings is 1. The van der Waals surface area contributed by atoms with E-state index in [0.717, 1.165) is 5.75 Å². The number of nitrogens with zero attached hydrogens (tertiary/aromatic N) is 1. The highest BCUT2D eigenvalue weighted by atomic mass is 16.5. The van der Waals surface area contributed by atoms with Gasteiger partial charge in [0.15, 0.2) is 0 Å². The summed E-state index contributed by atoms with van der Waals surface area (Å²) in [5.74, 6) is 0.952. The highest BCUT2D eigenvalue weighted by Gasteiger charge is 2.28. The summed E-state index contributed by atoms with van der Waals surface area (Å²) in [7, 11) is 0. The molecule has 0 saturated carbocycles. The van der Waals surface area contributed by atoms with Gasteiger partial charge >= 0.3 is 0 Å². The van der Waals surface area contributed by atoms with Crippen LogP contribution < -0.4 is 10.5 Å². The molecule has 1 aromatic carbocycles. The van der Waals surface area contributed by atoms with Gasteiger partial charge in [-0.3, -0.25) is 4.90 Å². The normalized spacial score (nSPS) is 21.6. The lowest BCUT2D eigenvalue weighted by Gasteiger charge is -2.41. The van der Waals surface area contributed by atoms with Crippen LogP contribution in [0, 0.1) is 0 Å². The molecule has 2 rings (SSSR count). The Hall–Kier alpha value is -1.06. The third-order valence-electron chi connectivity index (χ3n) is 4.32. The first kappa shape index (κ1) is 15.3. The zero-order valence-electron chi connectivity index (χ0n) is 12.8. The summed E-state index contributed by atoms with van der Waals surface area (Å²) in [6.45, 7) is 6.85. The highest BCUT2D eigenvalue weighted by Crippen LogP contribution is 2.30. The second-order valence-electron chi connectivity index (χ2n) is 5.55. The van der Waals surface area contributed by atoms with Crippen LogP contribution in [-0.2, 0) is 0 Å². The monoisotopic (exact) mass is 276 g/mol. The van der Waals surface area contributed by atoms with E-state index in [0.29, 0.717) is 25.2 Å². The third-order valence-corrected chi connectivity index (χ3v) is 4.32. The van der Waals surface area contributed by atoms with Gasteiger partial charge < -0.3 is 10.5 Å².